The molecule has 0 unspecified atom stereocenters. The summed E-state index contributed by atoms with van der Waals surface area (Å²) in [6, 6.07) is 59.6. The maximum Gasteiger partial charge on any atom is 0.0619 e. The summed E-state index contributed by atoms with van der Waals surface area (Å²) in [4.78, 5) is 0. The lowest BCUT2D eigenvalue weighted by Gasteiger charge is -2.14. The largest absolute Gasteiger partial charge is 0.309 e. The van der Waals surface area contributed by atoms with Crippen LogP contribution in [0, 0.1) is 0 Å². The Morgan fingerprint density at radius 1 is 0.510 bits per heavy atom. The van der Waals surface area contributed by atoms with E-state index in [4.69, 9.17) is 0 Å². The number of allylic oxidation sites excluding steroid dienone is 3. The maximum absolute atomic E-state index is 4.31. The first kappa shape index (κ1) is 30.7. The van der Waals surface area contributed by atoms with Crippen LogP contribution in [-0.2, 0) is 0 Å². The third-order valence-corrected chi connectivity index (χ3v) is 10.2. The molecule has 0 saturated heterocycles. The van der Waals surface area contributed by atoms with Crippen LogP contribution in [0.15, 0.2) is 183 Å². The van der Waals surface area contributed by atoms with Gasteiger partial charge in [-0.1, -0.05) is 147 Å². The molecule has 0 aliphatic heterocycles. The van der Waals surface area contributed by atoms with E-state index in [1.54, 1.807) is 0 Å². The minimum Gasteiger partial charge on any atom is -0.309 e. The molecule has 0 amide bonds. The predicted molar refractivity (Wildman–Crippen MR) is 219 cm³/mol. The Morgan fingerprint density at radius 3 is 1.94 bits per heavy atom. The second kappa shape index (κ2) is 12.8. The molecule has 2 nitrogen and oxygen atoms in total. The molecule has 7 aromatic carbocycles. The van der Waals surface area contributed by atoms with Crippen molar-refractivity contribution in [1.29, 1.82) is 0 Å². The lowest BCUT2D eigenvalue weighted by atomic mass is 9.99. The lowest BCUT2D eigenvalue weighted by molar-refractivity contribution is 0.959. The summed E-state index contributed by atoms with van der Waals surface area (Å²) < 4.78 is 4.84. The first-order valence-corrected chi connectivity index (χ1v) is 17.9. The normalized spacial score (nSPS) is 11.8. The Balaban J connectivity index is 1.22. The third kappa shape index (κ3) is 5.28. The maximum atomic E-state index is 4.31. The van der Waals surface area contributed by atoms with Crippen molar-refractivity contribution in [3.05, 3.63) is 188 Å². The molecule has 0 spiro atoms. The van der Waals surface area contributed by atoms with Crippen molar-refractivity contribution in [3.63, 3.8) is 0 Å². The average Bonchev–Trinajstić information content (AvgIpc) is 3.71. The Labute approximate surface area is 298 Å². The number of nitrogens with zero attached hydrogens (tertiary/aromatic N) is 2. The number of fused-ring (bicyclic) bond motifs is 6. The molecule has 0 bridgehead atoms. The van der Waals surface area contributed by atoms with Crippen molar-refractivity contribution in [1.82, 2.24) is 9.13 Å². The number of benzene rings is 7. The summed E-state index contributed by atoms with van der Waals surface area (Å²) in [5, 5.41) is 4.99. The zero-order valence-corrected chi connectivity index (χ0v) is 28.8. The minimum absolute atomic E-state index is 1.04. The van der Waals surface area contributed by atoms with E-state index >= 15 is 0 Å². The van der Waals surface area contributed by atoms with Crippen molar-refractivity contribution < 1.29 is 0 Å². The van der Waals surface area contributed by atoms with Gasteiger partial charge in [0.2, 0.25) is 0 Å². The molecular weight excluding hydrogens is 617 g/mol. The zero-order valence-electron chi connectivity index (χ0n) is 28.8. The molecule has 2 aromatic heterocycles. The van der Waals surface area contributed by atoms with Gasteiger partial charge >= 0.3 is 0 Å². The van der Waals surface area contributed by atoms with Crippen molar-refractivity contribution in [2.75, 3.05) is 0 Å². The molecule has 0 radical (unpaired) electrons. The van der Waals surface area contributed by atoms with Gasteiger partial charge < -0.3 is 9.13 Å². The fraction of sp³-hybridized carbons (Fsp3) is 0.0612. The monoisotopic (exact) mass is 654 g/mol. The number of rotatable bonds is 8. The molecule has 0 N–H and O–H groups in total. The summed E-state index contributed by atoms with van der Waals surface area (Å²) in [6.07, 6.45) is 6.56. The Bertz CT molecular complexity index is 2760. The molecule has 51 heavy (non-hydrogen) atoms. The van der Waals surface area contributed by atoms with Gasteiger partial charge in [-0.3, -0.25) is 0 Å². The minimum atomic E-state index is 1.04. The van der Waals surface area contributed by atoms with E-state index in [1.807, 2.05) is 0 Å². The van der Waals surface area contributed by atoms with Gasteiger partial charge in [-0.25, -0.2) is 0 Å². The van der Waals surface area contributed by atoms with Crippen LogP contribution in [0.4, 0.5) is 0 Å². The van der Waals surface area contributed by atoms with E-state index in [0.717, 1.165) is 35.4 Å². The average molecular weight is 655 g/mol. The van der Waals surface area contributed by atoms with E-state index in [1.165, 1.54) is 65.9 Å². The Kier molecular flexibility index (Phi) is 7.71. The number of aromatic nitrogens is 2. The van der Waals surface area contributed by atoms with Crippen molar-refractivity contribution in [2.45, 2.75) is 19.8 Å². The van der Waals surface area contributed by atoms with Crippen molar-refractivity contribution in [2.24, 2.45) is 0 Å². The first-order valence-electron chi connectivity index (χ1n) is 17.9. The summed E-state index contributed by atoms with van der Waals surface area (Å²) in [6.45, 7) is 6.51. The van der Waals surface area contributed by atoms with Crippen LogP contribution in [0.25, 0.3) is 82.8 Å². The fourth-order valence-electron chi connectivity index (χ4n) is 7.71. The molecular formula is C49H38N2. The van der Waals surface area contributed by atoms with Gasteiger partial charge in [0.1, 0.15) is 0 Å². The number of unbranched alkanes of at least 4 members (excludes halogenated alkanes) is 1. The van der Waals surface area contributed by atoms with Crippen LogP contribution in [0.1, 0.15) is 25.3 Å². The smallest absolute Gasteiger partial charge is 0.0619 e. The second-order valence-electron chi connectivity index (χ2n) is 13.3. The molecule has 9 rings (SSSR count). The molecule has 0 fully saturated rings. The molecule has 0 saturated carbocycles. The van der Waals surface area contributed by atoms with Crippen LogP contribution < -0.4 is 0 Å². The predicted octanol–water partition coefficient (Wildman–Crippen LogP) is 13.6. The van der Waals surface area contributed by atoms with Gasteiger partial charge in [0.05, 0.1) is 22.1 Å². The molecule has 0 aliphatic carbocycles. The second-order valence-corrected chi connectivity index (χ2v) is 13.3. The van der Waals surface area contributed by atoms with E-state index in [9.17, 15) is 0 Å². The topological polar surface area (TPSA) is 9.86 Å². The summed E-state index contributed by atoms with van der Waals surface area (Å²) in [7, 11) is 0. The first-order chi connectivity index (χ1) is 25.2. The Morgan fingerprint density at radius 2 is 1.16 bits per heavy atom. The van der Waals surface area contributed by atoms with Crippen molar-refractivity contribution >= 4 is 49.2 Å². The van der Waals surface area contributed by atoms with Gasteiger partial charge in [-0.15, -0.1) is 0 Å². The SMILES string of the molecule is C=C(C=CCCC)c1ccc(-n2c3ccccc3c3cc(-c4cccc5c6ccccc6n(-c6cccc(-c7ccccc7)c6)c45)ccc32)cc1. The third-order valence-electron chi connectivity index (χ3n) is 10.2. The molecule has 2 heteroatoms. The van der Waals surface area contributed by atoms with Crippen LogP contribution in [0.5, 0.6) is 0 Å². The highest BCUT2D eigenvalue weighted by atomic mass is 15.0. The quantitative estimate of drug-likeness (QED) is 0.144. The summed E-state index contributed by atoms with van der Waals surface area (Å²) in [5.41, 5.74) is 14.1. The van der Waals surface area contributed by atoms with Gasteiger partial charge in [-0.05, 0) is 82.8 Å². The van der Waals surface area contributed by atoms with Crippen LogP contribution in [0.2, 0.25) is 0 Å². The van der Waals surface area contributed by atoms with Gasteiger partial charge in [0.15, 0.2) is 0 Å². The molecule has 2 heterocycles. The summed E-state index contributed by atoms with van der Waals surface area (Å²) >= 11 is 0. The Hall–Kier alpha value is -6.38. The standard InChI is InChI=1S/C49H38N2/c1-3-4-6-15-34(2)35-26-29-39(30-27-35)50-46-24-11-10-21-43(46)45-33-38(28-31-48(45)50)41-22-14-23-44-42-20-9-12-25-47(42)51(49(41)44)40-19-13-18-37(32-40)36-16-7-5-8-17-36/h5-33H,2-4H2,1H3. The van der Waals surface area contributed by atoms with Crippen LogP contribution in [-0.4, -0.2) is 9.13 Å². The highest BCUT2D eigenvalue weighted by Gasteiger charge is 2.19. The van der Waals surface area contributed by atoms with Crippen molar-refractivity contribution in [3.8, 4) is 33.6 Å². The van der Waals surface area contributed by atoms with Gasteiger partial charge in [-0.2, -0.15) is 0 Å². The number of hydrogen-bond acceptors (Lipinski definition) is 0. The molecule has 0 aliphatic rings. The number of para-hydroxylation sites is 3. The van der Waals surface area contributed by atoms with Crippen LogP contribution in [0.3, 0.4) is 0 Å². The van der Waals surface area contributed by atoms with Gasteiger partial charge in [0, 0.05) is 38.5 Å². The van der Waals surface area contributed by atoms with E-state index in [0.29, 0.717) is 0 Å². The molecule has 244 valence electrons. The van der Waals surface area contributed by atoms with E-state index in [-0.39, 0.29) is 0 Å². The van der Waals surface area contributed by atoms with Crippen LogP contribution >= 0.6 is 0 Å². The molecule has 0 atom stereocenters. The fourth-order valence-corrected chi connectivity index (χ4v) is 7.71. The van der Waals surface area contributed by atoms with Gasteiger partial charge in [0.25, 0.3) is 0 Å². The zero-order chi connectivity index (χ0) is 34.3. The lowest BCUT2D eigenvalue weighted by Crippen LogP contribution is -1.96. The molecule has 9 aromatic rings. The van der Waals surface area contributed by atoms with E-state index < -0.39 is 0 Å². The van der Waals surface area contributed by atoms with E-state index in [2.05, 4.69) is 199 Å². The highest BCUT2D eigenvalue weighted by molar-refractivity contribution is 6.15. The number of hydrogen-bond donors (Lipinski definition) is 0. The highest BCUT2D eigenvalue weighted by Crippen LogP contribution is 2.41. The summed E-state index contributed by atoms with van der Waals surface area (Å²) in [5.74, 6) is 0.